The fourth-order valence-corrected chi connectivity index (χ4v) is 2.69. The number of likely N-dealkylation sites (tertiary alicyclic amines) is 1. The van der Waals surface area contributed by atoms with Gasteiger partial charge in [0.05, 0.1) is 12.2 Å². The lowest BCUT2D eigenvalue weighted by Crippen LogP contribution is -2.19. The van der Waals surface area contributed by atoms with Crippen molar-refractivity contribution in [3.8, 4) is 0 Å². The monoisotopic (exact) mass is 251 g/mol. The SMILES string of the molecule is CCCC1CCN(Cc2cc(CNCC)no2)C1. The van der Waals surface area contributed by atoms with Crippen molar-refractivity contribution in [3.63, 3.8) is 0 Å². The van der Waals surface area contributed by atoms with Crippen molar-refractivity contribution >= 4 is 0 Å². The lowest BCUT2D eigenvalue weighted by atomic mass is 10.0. The Labute approximate surface area is 110 Å². The molecule has 1 unspecified atom stereocenters. The Kier molecular flexibility index (Phi) is 5.20. The van der Waals surface area contributed by atoms with Gasteiger partial charge in [0.2, 0.25) is 0 Å². The zero-order chi connectivity index (χ0) is 12.8. The third-order valence-corrected chi connectivity index (χ3v) is 3.61. The summed E-state index contributed by atoms with van der Waals surface area (Å²) in [6.07, 6.45) is 4.00. The van der Waals surface area contributed by atoms with Crippen molar-refractivity contribution in [2.75, 3.05) is 19.6 Å². The van der Waals surface area contributed by atoms with Crippen LogP contribution in [0.4, 0.5) is 0 Å². The third-order valence-electron chi connectivity index (χ3n) is 3.61. The molecule has 18 heavy (non-hydrogen) atoms. The number of hydrogen-bond donors (Lipinski definition) is 1. The summed E-state index contributed by atoms with van der Waals surface area (Å²) in [4.78, 5) is 2.48. The molecule has 0 saturated carbocycles. The largest absolute Gasteiger partial charge is 0.360 e. The fraction of sp³-hybridized carbons (Fsp3) is 0.786. The number of rotatable bonds is 7. The van der Waals surface area contributed by atoms with Crippen LogP contribution in [-0.2, 0) is 13.1 Å². The first-order valence-corrected chi connectivity index (χ1v) is 7.19. The third kappa shape index (κ3) is 3.82. The van der Waals surface area contributed by atoms with Crippen LogP contribution in [-0.4, -0.2) is 29.7 Å². The van der Waals surface area contributed by atoms with E-state index in [1.54, 1.807) is 0 Å². The Morgan fingerprint density at radius 3 is 3.17 bits per heavy atom. The molecule has 0 aromatic carbocycles. The predicted octanol–water partition coefficient (Wildman–Crippen LogP) is 2.41. The zero-order valence-electron chi connectivity index (χ0n) is 11.6. The molecule has 1 aromatic rings. The first-order valence-electron chi connectivity index (χ1n) is 7.19. The van der Waals surface area contributed by atoms with Crippen LogP contribution in [0.1, 0.15) is 44.6 Å². The fourth-order valence-electron chi connectivity index (χ4n) is 2.69. The molecule has 0 radical (unpaired) electrons. The number of nitrogens with zero attached hydrogens (tertiary/aromatic N) is 2. The van der Waals surface area contributed by atoms with Crippen LogP contribution in [0.5, 0.6) is 0 Å². The van der Waals surface area contributed by atoms with E-state index in [4.69, 9.17) is 4.52 Å². The van der Waals surface area contributed by atoms with Crippen molar-refractivity contribution < 1.29 is 4.52 Å². The highest BCUT2D eigenvalue weighted by atomic mass is 16.5. The second-order valence-electron chi connectivity index (χ2n) is 5.24. The average molecular weight is 251 g/mol. The molecule has 0 amide bonds. The van der Waals surface area contributed by atoms with Gasteiger partial charge in [-0.3, -0.25) is 4.90 Å². The van der Waals surface area contributed by atoms with Gasteiger partial charge in [0.1, 0.15) is 0 Å². The topological polar surface area (TPSA) is 41.3 Å². The summed E-state index contributed by atoms with van der Waals surface area (Å²) >= 11 is 0. The van der Waals surface area contributed by atoms with Crippen LogP contribution >= 0.6 is 0 Å². The summed E-state index contributed by atoms with van der Waals surface area (Å²) in [5, 5.41) is 7.35. The van der Waals surface area contributed by atoms with E-state index in [-0.39, 0.29) is 0 Å². The summed E-state index contributed by atoms with van der Waals surface area (Å²) in [6.45, 7) is 9.47. The standard InChI is InChI=1S/C14H25N3O/c1-3-5-12-6-7-17(10-12)11-14-8-13(16-18-14)9-15-4-2/h8,12,15H,3-7,9-11H2,1-2H3. The van der Waals surface area contributed by atoms with Gasteiger partial charge in [-0.1, -0.05) is 25.4 Å². The second kappa shape index (κ2) is 6.90. The Morgan fingerprint density at radius 1 is 1.50 bits per heavy atom. The van der Waals surface area contributed by atoms with E-state index in [0.717, 1.165) is 37.0 Å². The second-order valence-corrected chi connectivity index (χ2v) is 5.24. The minimum atomic E-state index is 0.804. The Balaban J connectivity index is 1.77. The Bertz CT molecular complexity index is 351. The minimum absolute atomic E-state index is 0.804. The maximum Gasteiger partial charge on any atom is 0.151 e. The van der Waals surface area contributed by atoms with Crippen molar-refractivity contribution in [1.29, 1.82) is 0 Å². The van der Waals surface area contributed by atoms with Crippen LogP contribution in [0.3, 0.4) is 0 Å². The molecule has 1 atom stereocenters. The molecule has 1 aromatic heterocycles. The molecule has 1 N–H and O–H groups in total. The van der Waals surface area contributed by atoms with E-state index in [2.05, 4.69) is 35.3 Å². The van der Waals surface area contributed by atoms with Gasteiger partial charge in [-0.2, -0.15) is 0 Å². The van der Waals surface area contributed by atoms with Crippen molar-refractivity contribution in [2.24, 2.45) is 5.92 Å². The molecule has 0 spiro atoms. The van der Waals surface area contributed by atoms with Crippen LogP contribution in [0.25, 0.3) is 0 Å². The minimum Gasteiger partial charge on any atom is -0.360 e. The van der Waals surface area contributed by atoms with E-state index in [1.807, 2.05) is 0 Å². The lowest BCUT2D eigenvalue weighted by molar-refractivity contribution is 0.263. The smallest absolute Gasteiger partial charge is 0.151 e. The van der Waals surface area contributed by atoms with Gasteiger partial charge in [0.25, 0.3) is 0 Å². The van der Waals surface area contributed by atoms with E-state index in [1.165, 1.54) is 32.4 Å². The van der Waals surface area contributed by atoms with Gasteiger partial charge >= 0.3 is 0 Å². The molecule has 4 heteroatoms. The van der Waals surface area contributed by atoms with Gasteiger partial charge in [-0.15, -0.1) is 0 Å². The number of aromatic nitrogens is 1. The van der Waals surface area contributed by atoms with Crippen LogP contribution in [0.15, 0.2) is 10.6 Å². The first-order chi connectivity index (χ1) is 8.81. The van der Waals surface area contributed by atoms with Crippen molar-refractivity contribution in [3.05, 3.63) is 17.5 Å². The Morgan fingerprint density at radius 2 is 2.39 bits per heavy atom. The summed E-state index contributed by atoms with van der Waals surface area (Å²) in [5.41, 5.74) is 1.01. The van der Waals surface area contributed by atoms with Crippen LogP contribution in [0, 0.1) is 5.92 Å². The average Bonchev–Trinajstić information content (AvgIpc) is 2.98. The van der Waals surface area contributed by atoms with Gasteiger partial charge in [-0.25, -0.2) is 0 Å². The summed E-state index contributed by atoms with van der Waals surface area (Å²) in [7, 11) is 0. The van der Waals surface area contributed by atoms with Crippen LogP contribution < -0.4 is 5.32 Å². The first kappa shape index (κ1) is 13.6. The molecule has 1 aliphatic rings. The van der Waals surface area contributed by atoms with E-state index >= 15 is 0 Å². The van der Waals surface area contributed by atoms with Crippen molar-refractivity contribution in [1.82, 2.24) is 15.4 Å². The molecule has 2 heterocycles. The highest BCUT2D eigenvalue weighted by molar-refractivity contribution is 5.05. The predicted molar refractivity (Wildman–Crippen MR) is 72.2 cm³/mol. The molecule has 1 fully saturated rings. The maximum absolute atomic E-state index is 5.39. The summed E-state index contributed by atoms with van der Waals surface area (Å²) < 4.78 is 5.39. The zero-order valence-corrected chi connectivity index (χ0v) is 11.6. The van der Waals surface area contributed by atoms with E-state index in [0.29, 0.717) is 0 Å². The highest BCUT2D eigenvalue weighted by Crippen LogP contribution is 2.22. The highest BCUT2D eigenvalue weighted by Gasteiger charge is 2.22. The molecular formula is C14H25N3O. The van der Waals surface area contributed by atoms with Gasteiger partial charge in [-0.05, 0) is 31.8 Å². The summed E-state index contributed by atoms with van der Waals surface area (Å²) in [6, 6.07) is 2.08. The van der Waals surface area contributed by atoms with Crippen LogP contribution in [0.2, 0.25) is 0 Å². The van der Waals surface area contributed by atoms with Crippen molar-refractivity contribution in [2.45, 2.75) is 46.2 Å². The number of nitrogens with one attached hydrogen (secondary N) is 1. The molecule has 0 bridgehead atoms. The molecule has 2 rings (SSSR count). The molecule has 0 aliphatic carbocycles. The van der Waals surface area contributed by atoms with Gasteiger partial charge < -0.3 is 9.84 Å². The van der Waals surface area contributed by atoms with Gasteiger partial charge in [0, 0.05) is 19.2 Å². The summed E-state index contributed by atoms with van der Waals surface area (Å²) in [5.74, 6) is 1.89. The maximum atomic E-state index is 5.39. The van der Waals surface area contributed by atoms with E-state index < -0.39 is 0 Å². The molecule has 102 valence electrons. The van der Waals surface area contributed by atoms with E-state index in [9.17, 15) is 0 Å². The normalized spacial score (nSPS) is 20.7. The molecule has 4 nitrogen and oxygen atoms in total. The molecule has 1 saturated heterocycles. The Hall–Kier alpha value is -0.870. The lowest BCUT2D eigenvalue weighted by Gasteiger charge is -2.13. The number of hydrogen-bond acceptors (Lipinski definition) is 4. The quantitative estimate of drug-likeness (QED) is 0.808. The molecular weight excluding hydrogens is 226 g/mol. The molecule has 1 aliphatic heterocycles. The van der Waals surface area contributed by atoms with Gasteiger partial charge in [0.15, 0.2) is 5.76 Å².